The Morgan fingerprint density at radius 2 is 2.20 bits per heavy atom. The second-order valence-corrected chi connectivity index (χ2v) is 5.17. The lowest BCUT2D eigenvalue weighted by Gasteiger charge is -2.24. The topological polar surface area (TPSA) is 12.0 Å². The molecule has 2 fully saturated rings. The van der Waals surface area contributed by atoms with Crippen molar-refractivity contribution in [3.63, 3.8) is 0 Å². The Kier molecular flexibility index (Phi) is 2.10. The molecule has 3 rings (SSSR count). The van der Waals surface area contributed by atoms with Crippen molar-refractivity contribution in [1.29, 1.82) is 0 Å². The zero-order valence-corrected chi connectivity index (χ0v) is 9.42. The van der Waals surface area contributed by atoms with Gasteiger partial charge in [0.1, 0.15) is 0 Å². The lowest BCUT2D eigenvalue weighted by molar-refractivity contribution is 0.472. The molecule has 15 heavy (non-hydrogen) atoms. The van der Waals surface area contributed by atoms with Gasteiger partial charge < -0.3 is 5.32 Å². The average molecular weight is 201 g/mol. The average Bonchev–Trinajstić information content (AvgIpc) is 2.87. The van der Waals surface area contributed by atoms with Gasteiger partial charge in [-0.2, -0.15) is 0 Å². The molecule has 1 heterocycles. The van der Waals surface area contributed by atoms with Crippen molar-refractivity contribution < 1.29 is 0 Å². The summed E-state index contributed by atoms with van der Waals surface area (Å²) < 4.78 is 0. The molecule has 1 atom stereocenters. The van der Waals surface area contributed by atoms with E-state index >= 15 is 0 Å². The molecule has 2 aliphatic rings. The van der Waals surface area contributed by atoms with E-state index in [1.54, 1.807) is 5.56 Å². The quantitative estimate of drug-likeness (QED) is 0.776. The second kappa shape index (κ2) is 3.34. The normalized spacial score (nSPS) is 27.9. The Hall–Kier alpha value is -0.820. The Morgan fingerprint density at radius 1 is 1.33 bits per heavy atom. The number of hydrogen-bond donors (Lipinski definition) is 1. The molecule has 1 aromatic carbocycles. The molecule has 1 heteroatoms. The number of rotatable bonds is 2. The summed E-state index contributed by atoms with van der Waals surface area (Å²) in [5, 5.41) is 3.68. The van der Waals surface area contributed by atoms with Crippen LogP contribution in [0.25, 0.3) is 0 Å². The van der Waals surface area contributed by atoms with Gasteiger partial charge in [0.05, 0.1) is 0 Å². The van der Waals surface area contributed by atoms with Gasteiger partial charge in [0.15, 0.2) is 0 Å². The monoisotopic (exact) mass is 201 g/mol. The summed E-state index contributed by atoms with van der Waals surface area (Å²) in [5.41, 5.74) is 3.47. The molecular formula is C14H19N. The largest absolute Gasteiger partial charge is 0.313 e. The molecular weight excluding hydrogens is 182 g/mol. The van der Waals surface area contributed by atoms with Gasteiger partial charge >= 0.3 is 0 Å². The van der Waals surface area contributed by atoms with Crippen molar-refractivity contribution in [2.45, 2.75) is 44.1 Å². The fraction of sp³-hybridized carbons (Fsp3) is 0.571. The van der Waals surface area contributed by atoms with Crippen LogP contribution in [0.4, 0.5) is 0 Å². The van der Waals surface area contributed by atoms with E-state index in [9.17, 15) is 0 Å². The number of hydrogen-bond acceptors (Lipinski definition) is 1. The fourth-order valence-electron chi connectivity index (χ4n) is 3.08. The highest BCUT2D eigenvalue weighted by molar-refractivity contribution is 5.36. The molecule has 80 valence electrons. The zero-order chi connectivity index (χ0) is 10.3. The molecule has 1 saturated carbocycles. The van der Waals surface area contributed by atoms with Crippen molar-refractivity contribution in [2.24, 2.45) is 0 Å². The van der Waals surface area contributed by atoms with E-state index in [-0.39, 0.29) is 0 Å². The van der Waals surface area contributed by atoms with Gasteiger partial charge in [-0.25, -0.2) is 0 Å². The van der Waals surface area contributed by atoms with Crippen LogP contribution in [-0.4, -0.2) is 12.6 Å². The molecule has 0 amide bonds. The Labute approximate surface area is 91.9 Å². The van der Waals surface area contributed by atoms with E-state index in [4.69, 9.17) is 0 Å². The van der Waals surface area contributed by atoms with E-state index in [1.165, 1.54) is 37.8 Å². The van der Waals surface area contributed by atoms with Crippen LogP contribution in [0.3, 0.4) is 0 Å². The highest BCUT2D eigenvalue weighted by Gasteiger charge is 2.51. The summed E-state index contributed by atoms with van der Waals surface area (Å²) in [4.78, 5) is 0. The van der Waals surface area contributed by atoms with Gasteiger partial charge in [-0.3, -0.25) is 0 Å². The van der Waals surface area contributed by atoms with E-state index in [0.29, 0.717) is 5.41 Å². The Balaban J connectivity index is 1.92. The van der Waals surface area contributed by atoms with Crippen molar-refractivity contribution in [2.75, 3.05) is 6.54 Å². The van der Waals surface area contributed by atoms with Crippen molar-refractivity contribution in [3.05, 3.63) is 35.4 Å². The predicted molar refractivity (Wildman–Crippen MR) is 63.1 cm³/mol. The highest BCUT2D eigenvalue weighted by atomic mass is 15.0. The van der Waals surface area contributed by atoms with E-state index in [2.05, 4.69) is 36.5 Å². The number of aryl methyl sites for hydroxylation is 1. The molecule has 1 N–H and O–H groups in total. The molecule has 1 nitrogen and oxygen atoms in total. The number of benzene rings is 1. The molecule has 0 aromatic heterocycles. The fourth-order valence-corrected chi connectivity index (χ4v) is 3.08. The first-order valence-corrected chi connectivity index (χ1v) is 6.12. The van der Waals surface area contributed by atoms with Crippen LogP contribution in [0.2, 0.25) is 0 Å². The summed E-state index contributed by atoms with van der Waals surface area (Å²) in [7, 11) is 0. The van der Waals surface area contributed by atoms with Crippen LogP contribution in [0.5, 0.6) is 0 Å². The first-order chi connectivity index (χ1) is 7.31. The third kappa shape index (κ3) is 1.50. The van der Waals surface area contributed by atoms with Gasteiger partial charge in [0.2, 0.25) is 0 Å². The van der Waals surface area contributed by atoms with Gasteiger partial charge in [-0.15, -0.1) is 0 Å². The molecule has 1 aliphatic heterocycles. The third-order valence-electron chi connectivity index (χ3n) is 4.11. The molecule has 1 aromatic rings. The minimum absolute atomic E-state index is 0.502. The minimum Gasteiger partial charge on any atom is -0.313 e. The predicted octanol–water partition coefficient (Wildman–Crippen LogP) is 2.78. The second-order valence-electron chi connectivity index (χ2n) is 5.17. The summed E-state index contributed by atoms with van der Waals surface area (Å²) in [6, 6.07) is 9.85. The Morgan fingerprint density at radius 3 is 2.80 bits per heavy atom. The van der Waals surface area contributed by atoms with Gasteiger partial charge in [0.25, 0.3) is 0 Å². The highest BCUT2D eigenvalue weighted by Crippen LogP contribution is 2.52. The summed E-state index contributed by atoms with van der Waals surface area (Å²) >= 11 is 0. The zero-order valence-electron chi connectivity index (χ0n) is 9.42. The van der Waals surface area contributed by atoms with Crippen LogP contribution in [-0.2, 0) is 5.41 Å². The van der Waals surface area contributed by atoms with Crippen LogP contribution < -0.4 is 5.32 Å². The number of nitrogens with one attached hydrogen (secondary N) is 1. The van der Waals surface area contributed by atoms with Gasteiger partial charge in [-0.1, -0.05) is 29.8 Å². The lowest BCUT2D eigenvalue weighted by atomic mass is 9.86. The summed E-state index contributed by atoms with van der Waals surface area (Å²) in [6.07, 6.45) is 5.49. The van der Waals surface area contributed by atoms with Crippen LogP contribution in [0.15, 0.2) is 24.3 Å². The SMILES string of the molecule is Cc1cccc(C2(C3CCCN3)CC2)c1. The summed E-state index contributed by atoms with van der Waals surface area (Å²) in [5.74, 6) is 0. The van der Waals surface area contributed by atoms with E-state index in [0.717, 1.165) is 6.04 Å². The lowest BCUT2D eigenvalue weighted by Crippen LogP contribution is -2.34. The first kappa shape index (κ1) is 9.41. The Bertz CT molecular complexity index is 359. The van der Waals surface area contributed by atoms with Crippen molar-refractivity contribution >= 4 is 0 Å². The summed E-state index contributed by atoms with van der Waals surface area (Å²) in [6.45, 7) is 3.42. The molecule has 1 unspecified atom stereocenters. The maximum atomic E-state index is 3.68. The van der Waals surface area contributed by atoms with Crippen LogP contribution >= 0.6 is 0 Å². The van der Waals surface area contributed by atoms with Crippen molar-refractivity contribution in [3.8, 4) is 0 Å². The van der Waals surface area contributed by atoms with Gasteiger partial charge in [0, 0.05) is 11.5 Å². The molecule has 0 bridgehead atoms. The molecule has 0 radical (unpaired) electrons. The minimum atomic E-state index is 0.502. The van der Waals surface area contributed by atoms with Crippen molar-refractivity contribution in [1.82, 2.24) is 5.32 Å². The van der Waals surface area contributed by atoms with E-state index in [1.807, 2.05) is 0 Å². The first-order valence-electron chi connectivity index (χ1n) is 6.12. The molecule has 1 saturated heterocycles. The third-order valence-corrected chi connectivity index (χ3v) is 4.11. The van der Waals surface area contributed by atoms with Crippen LogP contribution in [0, 0.1) is 6.92 Å². The smallest absolute Gasteiger partial charge is 0.0164 e. The maximum absolute atomic E-state index is 3.68. The van der Waals surface area contributed by atoms with Gasteiger partial charge in [-0.05, 0) is 44.7 Å². The maximum Gasteiger partial charge on any atom is 0.0164 e. The standard InChI is InChI=1S/C14H19N/c1-11-4-2-5-12(10-11)14(7-8-14)13-6-3-9-15-13/h2,4-5,10,13,15H,3,6-9H2,1H3. The van der Waals surface area contributed by atoms with Crippen LogP contribution in [0.1, 0.15) is 36.8 Å². The van der Waals surface area contributed by atoms with E-state index < -0.39 is 0 Å². The molecule has 1 aliphatic carbocycles. The molecule has 0 spiro atoms.